The van der Waals surface area contributed by atoms with Gasteiger partial charge in [0.1, 0.15) is 0 Å². The Morgan fingerprint density at radius 2 is 1.03 bits per heavy atom. The van der Waals surface area contributed by atoms with Gasteiger partial charge in [0.15, 0.2) is 0 Å². The largest absolute Gasteiger partial charge is 0.265 e. The minimum absolute atomic E-state index is 0.982. The van der Waals surface area contributed by atoms with E-state index in [4.69, 9.17) is 15.0 Å². The molecule has 5 aromatic rings. The van der Waals surface area contributed by atoms with E-state index in [9.17, 15) is 0 Å². The molecule has 0 bridgehead atoms. The first kappa shape index (κ1) is 17.9. The van der Waals surface area contributed by atoms with Gasteiger partial charge in [0, 0.05) is 34.8 Å². The molecule has 0 saturated heterocycles. The van der Waals surface area contributed by atoms with Crippen molar-refractivity contribution in [2.24, 2.45) is 0 Å². The van der Waals surface area contributed by atoms with Gasteiger partial charge in [0.25, 0.3) is 0 Å². The number of rotatable bonds is 3. The van der Waals surface area contributed by atoms with Crippen LogP contribution in [0, 0.1) is 0 Å². The van der Waals surface area contributed by atoms with Crippen molar-refractivity contribution in [2.75, 3.05) is 0 Å². The Labute approximate surface area is 182 Å². The lowest BCUT2D eigenvalue weighted by Crippen LogP contribution is -2.74. The van der Waals surface area contributed by atoms with Gasteiger partial charge in [-0.3, -0.25) is 15.0 Å². The van der Waals surface area contributed by atoms with Gasteiger partial charge < -0.3 is 0 Å². The summed E-state index contributed by atoms with van der Waals surface area (Å²) < 4.78 is 0. The third-order valence-electron chi connectivity index (χ3n) is 6.10. The van der Waals surface area contributed by atoms with E-state index in [0.29, 0.717) is 0 Å². The Hall–Kier alpha value is -3.89. The molecule has 4 heterocycles. The molecule has 2 aromatic carbocycles. The molecule has 0 spiro atoms. The van der Waals surface area contributed by atoms with E-state index in [1.165, 1.54) is 21.5 Å². The molecule has 1 aliphatic heterocycles. The van der Waals surface area contributed by atoms with Crippen LogP contribution in [0.3, 0.4) is 0 Å². The van der Waals surface area contributed by atoms with Crippen LogP contribution in [-0.4, -0.2) is 23.0 Å². The first-order valence-corrected chi connectivity index (χ1v) is 12.4. The van der Waals surface area contributed by atoms with Gasteiger partial charge in [0.05, 0.1) is 5.69 Å². The zero-order valence-electron chi connectivity index (χ0n) is 16.8. The average molecular weight is 414 g/mol. The third kappa shape index (κ3) is 2.55. The van der Waals surface area contributed by atoms with E-state index in [1.807, 2.05) is 36.8 Å². The van der Waals surface area contributed by atoms with Crippen LogP contribution in [0.4, 0.5) is 0 Å². The lowest BCUT2D eigenvalue weighted by Gasteiger charge is -2.30. The monoisotopic (exact) mass is 413 g/mol. The van der Waals surface area contributed by atoms with Crippen molar-refractivity contribution in [1.29, 1.82) is 0 Å². The molecule has 0 amide bonds. The highest BCUT2D eigenvalue weighted by Gasteiger charge is 2.52. The normalized spacial score (nSPS) is 13.4. The maximum atomic E-state index is 4.94. The fraction of sp³-hybridized carbons (Fsp3) is 0. The van der Waals surface area contributed by atoms with E-state index < -0.39 is 8.07 Å². The predicted octanol–water partition coefficient (Wildman–Crippen LogP) is 2.90. The van der Waals surface area contributed by atoms with E-state index in [0.717, 1.165) is 21.9 Å². The molecule has 0 radical (unpaired) electrons. The topological polar surface area (TPSA) is 38.7 Å². The third-order valence-corrected chi connectivity index (χ3v) is 10.8. The zero-order valence-corrected chi connectivity index (χ0v) is 17.8. The minimum atomic E-state index is -2.72. The van der Waals surface area contributed by atoms with E-state index in [1.54, 1.807) is 0 Å². The fourth-order valence-corrected chi connectivity index (χ4v) is 9.96. The number of aromatic nitrogens is 3. The van der Waals surface area contributed by atoms with Gasteiger partial charge >= 0.3 is 0 Å². The van der Waals surface area contributed by atoms with Gasteiger partial charge in [-0.15, -0.1) is 0 Å². The van der Waals surface area contributed by atoms with Crippen LogP contribution in [0.25, 0.3) is 22.4 Å². The molecular weight excluding hydrogens is 394 g/mol. The summed E-state index contributed by atoms with van der Waals surface area (Å²) in [7, 11) is -2.72. The molecule has 0 aliphatic carbocycles. The molecule has 1 aliphatic rings. The molecule has 31 heavy (non-hydrogen) atoms. The van der Waals surface area contributed by atoms with Crippen molar-refractivity contribution in [3.63, 3.8) is 0 Å². The molecule has 3 aromatic heterocycles. The Bertz CT molecular complexity index is 1330. The quantitative estimate of drug-likeness (QED) is 0.419. The first-order chi connectivity index (χ1) is 15.4. The Kier molecular flexibility index (Phi) is 4.11. The first-order valence-electron chi connectivity index (χ1n) is 10.4. The van der Waals surface area contributed by atoms with Crippen LogP contribution >= 0.6 is 0 Å². The van der Waals surface area contributed by atoms with Crippen molar-refractivity contribution in [3.05, 3.63) is 116 Å². The van der Waals surface area contributed by atoms with E-state index >= 15 is 0 Å². The maximum Gasteiger partial charge on any atom is 0.225 e. The summed E-state index contributed by atoms with van der Waals surface area (Å²) in [6, 6.07) is 33.9. The molecular formula is C27H19N3Si. The van der Waals surface area contributed by atoms with Crippen LogP contribution in [0.1, 0.15) is 0 Å². The number of hydrogen-bond acceptors (Lipinski definition) is 3. The van der Waals surface area contributed by atoms with Gasteiger partial charge in [-0.25, -0.2) is 0 Å². The number of pyridine rings is 3. The summed E-state index contributed by atoms with van der Waals surface area (Å²) in [5, 5.41) is 4.87. The van der Waals surface area contributed by atoms with Gasteiger partial charge in [-0.05, 0) is 57.9 Å². The Morgan fingerprint density at radius 1 is 0.452 bits per heavy atom. The maximum absolute atomic E-state index is 4.94. The molecule has 0 saturated carbocycles. The molecule has 0 unspecified atom stereocenters. The highest BCUT2D eigenvalue weighted by Crippen LogP contribution is 2.32. The van der Waals surface area contributed by atoms with Crippen LogP contribution in [-0.2, 0) is 0 Å². The van der Waals surface area contributed by atoms with Crippen LogP contribution in [0.2, 0.25) is 0 Å². The van der Waals surface area contributed by atoms with Gasteiger partial charge in [-0.2, -0.15) is 0 Å². The van der Waals surface area contributed by atoms with Crippen LogP contribution in [0.5, 0.6) is 0 Å². The van der Waals surface area contributed by atoms with Crippen molar-refractivity contribution < 1.29 is 0 Å². The highest BCUT2D eigenvalue weighted by molar-refractivity contribution is 7.22. The molecule has 0 atom stereocenters. The number of benzene rings is 2. The second-order valence-electron chi connectivity index (χ2n) is 7.67. The molecule has 4 heteroatoms. The molecule has 0 fully saturated rings. The Morgan fingerprint density at radius 3 is 1.68 bits per heavy atom. The lowest BCUT2D eigenvalue weighted by molar-refractivity contribution is 1.33. The molecule has 146 valence electrons. The minimum Gasteiger partial charge on any atom is -0.265 e. The lowest BCUT2D eigenvalue weighted by atomic mass is 10.0. The van der Waals surface area contributed by atoms with Crippen molar-refractivity contribution in [1.82, 2.24) is 15.0 Å². The molecule has 3 nitrogen and oxygen atoms in total. The smallest absolute Gasteiger partial charge is 0.225 e. The number of nitrogens with zero attached hydrogens (tertiary/aromatic N) is 3. The molecule has 6 rings (SSSR count). The predicted molar refractivity (Wildman–Crippen MR) is 128 cm³/mol. The van der Waals surface area contributed by atoms with E-state index in [-0.39, 0.29) is 0 Å². The average Bonchev–Trinajstić information content (AvgIpc) is 3.17. The van der Waals surface area contributed by atoms with Crippen molar-refractivity contribution in [3.8, 4) is 22.4 Å². The summed E-state index contributed by atoms with van der Waals surface area (Å²) in [6.07, 6.45) is 5.66. The van der Waals surface area contributed by atoms with Crippen molar-refractivity contribution in [2.45, 2.75) is 0 Å². The standard InChI is InChI=1S/C27H19N3Si/c1-2-14-24-20(10-1)21-11-9-12-22(23-13-3-6-17-28-23)27(21)31(24,25-15-4-7-18-29-25)26-16-5-8-19-30-26/h1-19H. The fourth-order valence-electron chi connectivity index (χ4n) is 4.93. The summed E-state index contributed by atoms with van der Waals surface area (Å²) >= 11 is 0. The summed E-state index contributed by atoms with van der Waals surface area (Å²) in [4.78, 5) is 14.6. The van der Waals surface area contributed by atoms with Crippen LogP contribution in [0.15, 0.2) is 116 Å². The number of hydrogen-bond donors (Lipinski definition) is 0. The van der Waals surface area contributed by atoms with Crippen molar-refractivity contribution >= 4 is 29.1 Å². The highest BCUT2D eigenvalue weighted by atomic mass is 28.3. The van der Waals surface area contributed by atoms with Gasteiger partial charge in [0.2, 0.25) is 8.07 Å². The summed E-state index contributed by atoms with van der Waals surface area (Å²) in [5.74, 6) is 0. The second kappa shape index (κ2) is 7.11. The van der Waals surface area contributed by atoms with E-state index in [2.05, 4.69) is 78.9 Å². The number of fused-ring (bicyclic) bond motifs is 3. The van der Waals surface area contributed by atoms with Gasteiger partial charge in [-0.1, -0.05) is 60.7 Å². The van der Waals surface area contributed by atoms with Crippen LogP contribution < -0.4 is 21.0 Å². The summed E-state index contributed by atoms with van der Waals surface area (Å²) in [5.41, 5.74) is 4.69. The molecule has 0 N–H and O–H groups in total. The summed E-state index contributed by atoms with van der Waals surface area (Å²) in [6.45, 7) is 0. The zero-order chi connectivity index (χ0) is 20.7. The SMILES string of the molecule is c1ccc(-c2cccc3c2[Si](c2ccccn2)(c2ccccn2)c2ccccc2-3)nc1. The second-order valence-corrected chi connectivity index (χ2v) is 11.2. The Balaban J connectivity index is 1.82.